The Bertz CT molecular complexity index is 1160. The molecule has 0 unspecified atom stereocenters. The van der Waals surface area contributed by atoms with E-state index in [2.05, 4.69) is 78.9 Å². The second-order valence-electron chi connectivity index (χ2n) is 9.57. The number of para-hydroxylation sites is 1. The van der Waals surface area contributed by atoms with Crippen LogP contribution in [0.4, 0.5) is 0 Å². The largest absolute Gasteiger partial charge is 0.352 e. The average molecular weight is 459 g/mol. The van der Waals surface area contributed by atoms with Crippen LogP contribution in [0.1, 0.15) is 78.5 Å². The molecule has 2 aromatic heterocycles. The Morgan fingerprint density at radius 1 is 1.06 bits per heavy atom. The maximum absolute atomic E-state index is 5.95. The van der Waals surface area contributed by atoms with E-state index in [4.69, 9.17) is 17.2 Å². The van der Waals surface area contributed by atoms with Gasteiger partial charge in [-0.15, -0.1) is 0 Å². The van der Waals surface area contributed by atoms with Crippen LogP contribution in [0.3, 0.4) is 0 Å². The first kappa shape index (κ1) is 22.1. The molecule has 3 heterocycles. The molecule has 1 aliphatic heterocycles. The summed E-state index contributed by atoms with van der Waals surface area (Å²) in [6.07, 6.45) is 7.90. The highest BCUT2D eigenvalue weighted by Gasteiger charge is 2.44. The molecule has 5 rings (SSSR count). The second-order valence-corrected chi connectivity index (χ2v) is 9.96. The molecular weight excluding hydrogens is 424 g/mol. The zero-order valence-corrected chi connectivity index (χ0v) is 21.0. The highest BCUT2D eigenvalue weighted by Crippen LogP contribution is 2.45. The van der Waals surface area contributed by atoms with Crippen molar-refractivity contribution in [3.05, 3.63) is 82.4 Å². The lowest BCUT2D eigenvalue weighted by molar-refractivity contribution is 0.245. The molecule has 1 saturated carbocycles. The lowest BCUT2D eigenvalue weighted by Gasteiger charge is -2.33. The second kappa shape index (κ2) is 8.94. The van der Waals surface area contributed by atoms with Crippen molar-refractivity contribution in [3.63, 3.8) is 0 Å². The quantitative estimate of drug-likeness (QED) is 0.457. The van der Waals surface area contributed by atoms with Crippen LogP contribution in [0.25, 0.3) is 5.69 Å². The van der Waals surface area contributed by atoms with Gasteiger partial charge in [-0.3, -0.25) is 4.98 Å². The van der Waals surface area contributed by atoms with Crippen LogP contribution >= 0.6 is 12.2 Å². The number of rotatable bonds is 5. The molecule has 1 N–H and O–H groups in total. The Labute approximate surface area is 203 Å². The summed E-state index contributed by atoms with van der Waals surface area (Å²) in [6.45, 7) is 8.98. The number of nitrogens with one attached hydrogen (secondary N) is 1. The van der Waals surface area contributed by atoms with Crippen LogP contribution in [0, 0.1) is 20.8 Å². The molecule has 1 aliphatic carbocycles. The summed E-state index contributed by atoms with van der Waals surface area (Å²) in [5, 5.41) is 4.53. The van der Waals surface area contributed by atoms with Gasteiger partial charge < -0.3 is 14.8 Å². The van der Waals surface area contributed by atoms with Gasteiger partial charge in [0, 0.05) is 23.6 Å². The summed E-state index contributed by atoms with van der Waals surface area (Å²) in [4.78, 5) is 7.24. The lowest BCUT2D eigenvalue weighted by atomic mass is 9.95. The number of aryl methyl sites for hydroxylation is 3. The van der Waals surface area contributed by atoms with Gasteiger partial charge >= 0.3 is 0 Å². The molecule has 5 heteroatoms. The zero-order chi connectivity index (χ0) is 23.1. The Kier molecular flexibility index (Phi) is 6.00. The number of hydrogen-bond acceptors (Lipinski definition) is 2. The SMILES string of the molecule is CCc1cccc(C)c1-n1c(C)cc([C@H]2[C@H](c3ccccn3)NC(=S)N2C2CCCC2)c1C. The summed E-state index contributed by atoms with van der Waals surface area (Å²) in [6, 6.07) is 15.9. The van der Waals surface area contributed by atoms with E-state index in [0.717, 1.165) is 17.2 Å². The summed E-state index contributed by atoms with van der Waals surface area (Å²) in [7, 11) is 0. The molecule has 3 aromatic rings. The number of pyridine rings is 1. The van der Waals surface area contributed by atoms with Crippen LogP contribution < -0.4 is 5.32 Å². The minimum atomic E-state index is 0.0516. The van der Waals surface area contributed by atoms with E-state index >= 15 is 0 Å². The molecule has 1 aromatic carbocycles. The van der Waals surface area contributed by atoms with E-state index in [1.54, 1.807) is 0 Å². The van der Waals surface area contributed by atoms with Gasteiger partial charge in [0.25, 0.3) is 0 Å². The molecule has 2 aliphatic rings. The molecule has 33 heavy (non-hydrogen) atoms. The van der Waals surface area contributed by atoms with Crippen LogP contribution in [-0.4, -0.2) is 25.6 Å². The Morgan fingerprint density at radius 2 is 1.85 bits per heavy atom. The van der Waals surface area contributed by atoms with Crippen molar-refractivity contribution in [3.8, 4) is 5.69 Å². The maximum atomic E-state index is 5.95. The van der Waals surface area contributed by atoms with Crippen LogP contribution in [0.2, 0.25) is 0 Å². The van der Waals surface area contributed by atoms with Gasteiger partial charge in [-0.2, -0.15) is 0 Å². The number of hydrogen-bond donors (Lipinski definition) is 1. The summed E-state index contributed by atoms with van der Waals surface area (Å²) < 4.78 is 2.47. The van der Waals surface area contributed by atoms with Gasteiger partial charge in [0.1, 0.15) is 0 Å². The summed E-state index contributed by atoms with van der Waals surface area (Å²) >= 11 is 5.95. The van der Waals surface area contributed by atoms with Crippen molar-refractivity contribution < 1.29 is 0 Å². The third-order valence-corrected chi connectivity index (χ3v) is 7.90. The topological polar surface area (TPSA) is 33.1 Å². The van der Waals surface area contributed by atoms with E-state index in [-0.39, 0.29) is 12.1 Å². The van der Waals surface area contributed by atoms with Gasteiger partial charge in [-0.25, -0.2) is 0 Å². The average Bonchev–Trinajstić information content (AvgIpc) is 3.52. The van der Waals surface area contributed by atoms with E-state index < -0.39 is 0 Å². The van der Waals surface area contributed by atoms with Crippen molar-refractivity contribution in [2.24, 2.45) is 0 Å². The molecule has 172 valence electrons. The van der Waals surface area contributed by atoms with E-state index in [1.807, 2.05) is 12.3 Å². The Hall–Kier alpha value is -2.66. The van der Waals surface area contributed by atoms with Crippen molar-refractivity contribution in [2.75, 3.05) is 0 Å². The fourth-order valence-corrected chi connectivity index (χ4v) is 6.42. The minimum absolute atomic E-state index is 0.0516. The smallest absolute Gasteiger partial charge is 0.170 e. The summed E-state index contributed by atoms with van der Waals surface area (Å²) in [5.74, 6) is 0. The molecule has 0 spiro atoms. The van der Waals surface area contributed by atoms with Crippen molar-refractivity contribution >= 4 is 17.3 Å². The predicted molar refractivity (Wildman–Crippen MR) is 139 cm³/mol. The first-order valence-corrected chi connectivity index (χ1v) is 12.7. The fraction of sp³-hybridized carbons (Fsp3) is 0.429. The molecule has 2 fully saturated rings. The molecule has 1 saturated heterocycles. The molecule has 2 atom stereocenters. The third-order valence-electron chi connectivity index (χ3n) is 7.57. The van der Waals surface area contributed by atoms with E-state index in [1.165, 1.54) is 59.4 Å². The van der Waals surface area contributed by atoms with E-state index in [0.29, 0.717) is 6.04 Å². The first-order valence-electron chi connectivity index (χ1n) is 12.3. The minimum Gasteiger partial charge on any atom is -0.352 e. The lowest BCUT2D eigenvalue weighted by Crippen LogP contribution is -2.37. The number of aromatic nitrogens is 2. The number of thiocarbonyl (C=S) groups is 1. The molecule has 0 bridgehead atoms. The van der Waals surface area contributed by atoms with Crippen molar-refractivity contribution in [2.45, 2.75) is 77.9 Å². The van der Waals surface area contributed by atoms with Crippen LogP contribution in [-0.2, 0) is 6.42 Å². The third kappa shape index (κ3) is 3.76. The normalized spacial score (nSPS) is 21.1. The van der Waals surface area contributed by atoms with Gasteiger partial charge in [-0.05, 0) is 87.1 Å². The highest BCUT2D eigenvalue weighted by atomic mass is 32.1. The Balaban J connectivity index is 1.67. The molecular formula is C28H34N4S. The highest BCUT2D eigenvalue weighted by molar-refractivity contribution is 7.80. The number of nitrogens with zero attached hydrogens (tertiary/aromatic N) is 3. The zero-order valence-electron chi connectivity index (χ0n) is 20.1. The summed E-state index contributed by atoms with van der Waals surface area (Å²) in [5.41, 5.74) is 9.02. The predicted octanol–water partition coefficient (Wildman–Crippen LogP) is 6.28. The van der Waals surface area contributed by atoms with Gasteiger partial charge in [0.2, 0.25) is 0 Å². The van der Waals surface area contributed by atoms with Gasteiger partial charge in [0.05, 0.1) is 23.5 Å². The maximum Gasteiger partial charge on any atom is 0.170 e. The fourth-order valence-electron chi connectivity index (χ4n) is 6.03. The molecule has 0 amide bonds. The van der Waals surface area contributed by atoms with Crippen molar-refractivity contribution in [1.29, 1.82) is 0 Å². The van der Waals surface area contributed by atoms with Crippen LogP contribution in [0.5, 0.6) is 0 Å². The van der Waals surface area contributed by atoms with Crippen LogP contribution in [0.15, 0.2) is 48.7 Å². The number of benzene rings is 1. The molecule has 0 radical (unpaired) electrons. The van der Waals surface area contributed by atoms with Crippen molar-refractivity contribution in [1.82, 2.24) is 19.8 Å². The monoisotopic (exact) mass is 458 g/mol. The Morgan fingerprint density at radius 3 is 2.55 bits per heavy atom. The standard InChI is InChI=1S/C28H34N4S/c1-5-21-12-10-11-18(2)26(21)31-19(3)17-23(20(31)4)27-25(24-15-8-9-16-29-24)30-28(33)32(27)22-13-6-7-14-22/h8-12,15-17,22,25,27H,5-7,13-14H2,1-4H3,(H,30,33)/t25-,27-/m0/s1. The van der Waals surface area contributed by atoms with Gasteiger partial charge in [0.15, 0.2) is 5.11 Å². The van der Waals surface area contributed by atoms with E-state index in [9.17, 15) is 0 Å². The first-order chi connectivity index (χ1) is 16.0. The molecule has 4 nitrogen and oxygen atoms in total. The van der Waals surface area contributed by atoms with Gasteiger partial charge in [-0.1, -0.05) is 44.0 Å².